The maximum absolute atomic E-state index is 14.5. The SMILES string of the molecule is [N-]=[N+]=NCc1ccccc1C[C@]1(C(=O)NNCc2ccc(F)cc2)N=C(c2ccc(OCCCO)cc2)O[C@H]1c1ccccc1Br. The third kappa shape index (κ3) is 7.72. The van der Waals surface area contributed by atoms with Crippen LogP contribution in [0.3, 0.4) is 0 Å². The maximum Gasteiger partial charge on any atom is 0.266 e. The molecule has 0 saturated carbocycles. The summed E-state index contributed by atoms with van der Waals surface area (Å²) < 4.78 is 26.5. The van der Waals surface area contributed by atoms with Crippen molar-refractivity contribution in [3.63, 3.8) is 0 Å². The first-order valence-electron chi connectivity index (χ1n) is 14.6. The third-order valence-corrected chi connectivity index (χ3v) is 8.23. The first-order valence-corrected chi connectivity index (χ1v) is 15.4. The van der Waals surface area contributed by atoms with Crippen molar-refractivity contribution < 1.29 is 23.8 Å². The van der Waals surface area contributed by atoms with Gasteiger partial charge in [-0.15, -0.1) is 0 Å². The molecule has 1 aliphatic heterocycles. The maximum atomic E-state index is 14.5. The number of carbonyl (C=O) groups excluding carboxylic acids is 1. The Balaban J connectivity index is 1.56. The average Bonchev–Trinajstić information content (AvgIpc) is 3.46. The number of hydrogen-bond acceptors (Lipinski definition) is 7. The standard InChI is InChI=1S/C34H32BrFN6O4/c35-30-9-4-3-8-29(30)31-34(20-25-6-1-2-7-26(25)22-39-42-37,33(44)41-38-21-23-10-14-27(36)15-11-23)40-32(46-31)24-12-16-28(17-13-24)45-19-5-18-43/h1-4,6-17,31,38,43H,5,18-22H2,(H,41,44)/t31-,34-/m0/s1. The zero-order chi connectivity index (χ0) is 32.4. The summed E-state index contributed by atoms with van der Waals surface area (Å²) in [6, 6.07) is 28.1. The fourth-order valence-electron chi connectivity index (χ4n) is 5.17. The third-order valence-electron chi connectivity index (χ3n) is 7.51. The molecule has 12 heteroatoms. The van der Waals surface area contributed by atoms with Crippen molar-refractivity contribution in [3.8, 4) is 5.75 Å². The fourth-order valence-corrected chi connectivity index (χ4v) is 5.66. The number of halogens is 2. The monoisotopic (exact) mass is 686 g/mol. The van der Waals surface area contributed by atoms with E-state index in [1.54, 1.807) is 36.4 Å². The van der Waals surface area contributed by atoms with Crippen LogP contribution in [0.4, 0.5) is 4.39 Å². The van der Waals surface area contributed by atoms with E-state index in [0.29, 0.717) is 29.9 Å². The quantitative estimate of drug-likeness (QED) is 0.0458. The number of amides is 1. The van der Waals surface area contributed by atoms with Crippen LogP contribution in [0.25, 0.3) is 10.4 Å². The lowest BCUT2D eigenvalue weighted by atomic mass is 9.81. The summed E-state index contributed by atoms with van der Waals surface area (Å²) in [6.07, 6.45) is -0.232. The van der Waals surface area contributed by atoms with E-state index in [0.717, 1.165) is 21.2 Å². The minimum atomic E-state index is -1.52. The van der Waals surface area contributed by atoms with Crippen LogP contribution in [0.1, 0.15) is 40.3 Å². The van der Waals surface area contributed by atoms with Crippen LogP contribution in [-0.4, -0.2) is 35.7 Å². The number of aliphatic hydroxyl groups excluding tert-OH is 1. The summed E-state index contributed by atoms with van der Waals surface area (Å²) in [5.74, 6) is 0.0908. The highest BCUT2D eigenvalue weighted by Gasteiger charge is 2.54. The molecule has 0 spiro atoms. The number of nitrogens with one attached hydrogen (secondary N) is 2. The molecule has 1 heterocycles. The molecule has 2 atom stereocenters. The lowest BCUT2D eigenvalue weighted by Gasteiger charge is -2.32. The Bertz CT molecular complexity index is 1730. The van der Waals surface area contributed by atoms with E-state index < -0.39 is 17.6 Å². The summed E-state index contributed by atoms with van der Waals surface area (Å²) in [7, 11) is 0. The number of hydrogen-bond donors (Lipinski definition) is 3. The molecule has 236 valence electrons. The van der Waals surface area contributed by atoms with Gasteiger partial charge in [-0.2, -0.15) is 0 Å². The van der Waals surface area contributed by atoms with Gasteiger partial charge in [-0.05, 0) is 64.7 Å². The van der Waals surface area contributed by atoms with Crippen molar-refractivity contribution in [2.24, 2.45) is 10.1 Å². The normalized spacial score (nSPS) is 17.0. The predicted octanol–water partition coefficient (Wildman–Crippen LogP) is 6.48. The highest BCUT2D eigenvalue weighted by atomic mass is 79.9. The minimum absolute atomic E-state index is 0.0358. The molecule has 0 fully saturated rings. The van der Waals surface area contributed by atoms with Gasteiger partial charge in [0.15, 0.2) is 11.6 Å². The molecule has 10 nitrogen and oxygen atoms in total. The van der Waals surface area contributed by atoms with Crippen LogP contribution < -0.4 is 15.6 Å². The highest BCUT2D eigenvalue weighted by Crippen LogP contribution is 2.45. The van der Waals surface area contributed by atoms with Gasteiger partial charge in [0.1, 0.15) is 11.6 Å². The van der Waals surface area contributed by atoms with Crippen LogP contribution in [0, 0.1) is 5.82 Å². The molecule has 0 bridgehead atoms. The summed E-state index contributed by atoms with van der Waals surface area (Å²) in [5.41, 5.74) is 16.9. The van der Waals surface area contributed by atoms with Gasteiger partial charge in [0.05, 0.1) is 13.2 Å². The number of aliphatic imine (C=N–C) groups is 1. The minimum Gasteiger partial charge on any atom is -0.494 e. The zero-order valence-corrected chi connectivity index (χ0v) is 26.4. The molecule has 0 radical (unpaired) electrons. The van der Waals surface area contributed by atoms with Crippen LogP contribution in [0.2, 0.25) is 0 Å². The summed E-state index contributed by atoms with van der Waals surface area (Å²) >= 11 is 3.65. The Hall–Kier alpha value is -4.74. The second kappa shape index (κ2) is 15.5. The first kappa shape index (κ1) is 32.6. The summed E-state index contributed by atoms with van der Waals surface area (Å²) in [4.78, 5) is 22.4. The van der Waals surface area contributed by atoms with Crippen LogP contribution in [0.15, 0.2) is 112 Å². The molecule has 0 aromatic heterocycles. The van der Waals surface area contributed by atoms with Crippen molar-refractivity contribution in [2.75, 3.05) is 13.2 Å². The Morgan fingerprint density at radius 3 is 2.48 bits per heavy atom. The molecule has 4 aromatic rings. The van der Waals surface area contributed by atoms with E-state index in [-0.39, 0.29) is 37.8 Å². The first-order chi connectivity index (χ1) is 22.4. The number of hydrazine groups is 1. The Morgan fingerprint density at radius 2 is 1.76 bits per heavy atom. The van der Waals surface area contributed by atoms with Crippen molar-refractivity contribution >= 4 is 27.7 Å². The Kier molecular flexibility index (Phi) is 11.0. The largest absolute Gasteiger partial charge is 0.494 e. The number of aliphatic hydroxyl groups is 1. The van der Waals surface area contributed by atoms with Crippen molar-refractivity contribution in [2.45, 2.75) is 37.6 Å². The predicted molar refractivity (Wildman–Crippen MR) is 175 cm³/mol. The average molecular weight is 688 g/mol. The molecule has 1 aliphatic rings. The number of benzene rings is 4. The van der Waals surface area contributed by atoms with Gasteiger partial charge in [0, 0.05) is 46.5 Å². The van der Waals surface area contributed by atoms with E-state index in [1.807, 2.05) is 48.5 Å². The molecule has 0 unspecified atom stereocenters. The molecule has 0 saturated heterocycles. The highest BCUT2D eigenvalue weighted by molar-refractivity contribution is 9.10. The van der Waals surface area contributed by atoms with E-state index >= 15 is 0 Å². The topological polar surface area (TPSA) is 141 Å². The van der Waals surface area contributed by atoms with Gasteiger partial charge in [-0.25, -0.2) is 14.8 Å². The van der Waals surface area contributed by atoms with Crippen molar-refractivity contribution in [1.29, 1.82) is 0 Å². The second-order valence-corrected chi connectivity index (χ2v) is 11.4. The molecule has 1 amide bonds. The van der Waals surface area contributed by atoms with E-state index in [4.69, 9.17) is 25.1 Å². The fraction of sp³-hybridized carbons (Fsp3) is 0.235. The molecule has 0 aliphatic carbocycles. The van der Waals surface area contributed by atoms with Gasteiger partial charge in [0.2, 0.25) is 5.90 Å². The van der Waals surface area contributed by atoms with Gasteiger partial charge < -0.3 is 14.6 Å². The van der Waals surface area contributed by atoms with Gasteiger partial charge in [0.25, 0.3) is 5.91 Å². The van der Waals surface area contributed by atoms with E-state index in [1.165, 1.54) is 12.1 Å². The molecular formula is C34H32BrFN6O4. The molecule has 4 aromatic carbocycles. The van der Waals surface area contributed by atoms with Crippen molar-refractivity contribution in [1.82, 2.24) is 10.9 Å². The van der Waals surface area contributed by atoms with Crippen LogP contribution >= 0.6 is 15.9 Å². The molecule has 5 rings (SSSR count). The van der Waals surface area contributed by atoms with Crippen LogP contribution in [0.5, 0.6) is 5.75 Å². The van der Waals surface area contributed by atoms with E-state index in [9.17, 15) is 9.18 Å². The van der Waals surface area contributed by atoms with Crippen molar-refractivity contribution in [3.05, 3.63) is 146 Å². The zero-order valence-electron chi connectivity index (χ0n) is 24.8. The summed E-state index contributed by atoms with van der Waals surface area (Å²) in [5, 5.41) is 12.8. The lowest BCUT2D eigenvalue weighted by molar-refractivity contribution is -0.130. The lowest BCUT2D eigenvalue weighted by Crippen LogP contribution is -2.53. The molecular weight excluding hydrogens is 655 g/mol. The Morgan fingerprint density at radius 1 is 1.04 bits per heavy atom. The van der Waals surface area contributed by atoms with E-state index in [2.05, 4.69) is 36.8 Å². The number of ether oxygens (including phenoxy) is 2. The van der Waals surface area contributed by atoms with Crippen LogP contribution in [-0.2, 0) is 29.0 Å². The number of azide groups is 1. The molecule has 3 N–H and O–H groups in total. The van der Waals surface area contributed by atoms with Gasteiger partial charge in [-0.3, -0.25) is 10.2 Å². The van der Waals surface area contributed by atoms with Gasteiger partial charge >= 0.3 is 0 Å². The summed E-state index contributed by atoms with van der Waals surface area (Å²) in [6.45, 7) is 0.751. The number of nitrogens with zero attached hydrogens (tertiary/aromatic N) is 4. The molecule has 46 heavy (non-hydrogen) atoms. The smallest absolute Gasteiger partial charge is 0.266 e. The Labute approximate surface area is 274 Å². The number of carbonyl (C=O) groups is 1. The number of rotatable bonds is 14. The second-order valence-electron chi connectivity index (χ2n) is 10.6. The van der Waals surface area contributed by atoms with Gasteiger partial charge in [-0.1, -0.05) is 75.6 Å².